The first-order chi connectivity index (χ1) is 21.2. The van der Waals surface area contributed by atoms with Crippen molar-refractivity contribution in [2.45, 2.75) is 64.7 Å². The molecule has 1 aliphatic rings. The van der Waals surface area contributed by atoms with Gasteiger partial charge in [0.2, 0.25) is 0 Å². The van der Waals surface area contributed by atoms with Gasteiger partial charge in [0, 0.05) is 32.7 Å². The topological polar surface area (TPSA) is 118 Å². The number of aliphatic hydroxyl groups is 2. The lowest BCUT2D eigenvalue weighted by atomic mass is 9.91. The van der Waals surface area contributed by atoms with Crippen LogP contribution in [-0.2, 0) is 16.0 Å². The van der Waals surface area contributed by atoms with E-state index < -0.39 is 24.5 Å². The van der Waals surface area contributed by atoms with Crippen LogP contribution in [0.5, 0.6) is 0 Å². The van der Waals surface area contributed by atoms with Gasteiger partial charge in [-0.3, -0.25) is 9.47 Å². The van der Waals surface area contributed by atoms with Gasteiger partial charge in [-0.1, -0.05) is 88.4 Å². The van der Waals surface area contributed by atoms with Gasteiger partial charge in [-0.05, 0) is 23.0 Å². The maximum Gasteiger partial charge on any atom is 0.168 e. The van der Waals surface area contributed by atoms with Crippen LogP contribution in [-0.4, -0.2) is 86.3 Å². The number of hydrogen-bond acceptors (Lipinski definition) is 9. The molecule has 4 atom stereocenters. The molecule has 10 nitrogen and oxygen atoms in total. The molecule has 2 aromatic carbocycles. The number of ether oxygens (including phenoxy) is 2. The van der Waals surface area contributed by atoms with E-state index in [1.165, 1.54) is 18.2 Å². The third-order valence-electron chi connectivity index (χ3n) is 7.90. The fourth-order valence-electron chi connectivity index (χ4n) is 6.04. The summed E-state index contributed by atoms with van der Waals surface area (Å²) in [6, 6.07) is 20.9. The van der Waals surface area contributed by atoms with Gasteiger partial charge in [-0.25, -0.2) is 15.0 Å². The van der Waals surface area contributed by atoms with Crippen molar-refractivity contribution < 1.29 is 19.7 Å². The number of methoxy groups -OCH3 is 1. The molecule has 0 radical (unpaired) electrons. The Labute approximate surface area is 260 Å². The van der Waals surface area contributed by atoms with E-state index in [0.717, 1.165) is 13.1 Å². The maximum atomic E-state index is 10.9. The molecule has 0 saturated carbocycles. The number of benzene rings is 2. The van der Waals surface area contributed by atoms with E-state index in [1.807, 2.05) is 12.1 Å². The summed E-state index contributed by atoms with van der Waals surface area (Å²) in [5, 5.41) is 25.2. The predicted octanol–water partition coefficient (Wildman–Crippen LogP) is 4.45. The van der Waals surface area contributed by atoms with Gasteiger partial charge in [0.25, 0.3) is 0 Å². The second-order valence-corrected chi connectivity index (χ2v) is 12.6. The number of nitrogens with zero attached hydrogens (tertiary/aromatic N) is 5. The van der Waals surface area contributed by atoms with Crippen molar-refractivity contribution in [3.63, 3.8) is 0 Å². The van der Waals surface area contributed by atoms with Crippen LogP contribution in [0.1, 0.15) is 56.8 Å². The van der Waals surface area contributed by atoms with Crippen molar-refractivity contribution >= 4 is 17.0 Å². The molecule has 0 aliphatic carbocycles. The van der Waals surface area contributed by atoms with Crippen LogP contribution < -0.4 is 5.32 Å². The van der Waals surface area contributed by atoms with Gasteiger partial charge in [-0.2, -0.15) is 0 Å². The highest BCUT2D eigenvalue weighted by Crippen LogP contribution is 2.33. The molecule has 3 N–H and O–H groups in total. The van der Waals surface area contributed by atoms with Crippen molar-refractivity contribution in [2.24, 2.45) is 11.8 Å². The molecule has 1 fully saturated rings. The Morgan fingerprint density at radius 2 is 1.52 bits per heavy atom. The second kappa shape index (κ2) is 14.6. The van der Waals surface area contributed by atoms with Crippen LogP contribution in [0.25, 0.3) is 11.2 Å². The summed E-state index contributed by atoms with van der Waals surface area (Å²) in [4.78, 5) is 17.1. The molecule has 0 amide bonds. The Morgan fingerprint density at radius 3 is 2.09 bits per heavy atom. The summed E-state index contributed by atoms with van der Waals surface area (Å²) in [5.41, 5.74) is 3.51. The first kappa shape index (κ1) is 32.0. The van der Waals surface area contributed by atoms with Crippen molar-refractivity contribution in [1.29, 1.82) is 0 Å². The first-order valence-corrected chi connectivity index (χ1v) is 15.5. The summed E-state index contributed by atoms with van der Waals surface area (Å²) < 4.78 is 13.0. The summed E-state index contributed by atoms with van der Waals surface area (Å²) in [6.07, 6.45) is -2.19. The summed E-state index contributed by atoms with van der Waals surface area (Å²) in [7, 11) is 1.54. The molecule has 4 aromatic rings. The molecule has 10 heteroatoms. The van der Waals surface area contributed by atoms with Crippen molar-refractivity contribution in [1.82, 2.24) is 24.4 Å². The lowest BCUT2D eigenvalue weighted by Crippen LogP contribution is -2.33. The smallest absolute Gasteiger partial charge is 0.168 e. The zero-order valence-corrected chi connectivity index (χ0v) is 26.4. The zero-order valence-electron chi connectivity index (χ0n) is 26.4. The van der Waals surface area contributed by atoms with Crippen LogP contribution in [0.3, 0.4) is 0 Å². The average molecular weight is 603 g/mol. The molecule has 44 heavy (non-hydrogen) atoms. The van der Waals surface area contributed by atoms with Crippen molar-refractivity contribution in [2.75, 3.05) is 38.7 Å². The number of aliphatic hydroxyl groups excluding tert-OH is 2. The van der Waals surface area contributed by atoms with Crippen LogP contribution in [0, 0.1) is 11.8 Å². The van der Waals surface area contributed by atoms with Gasteiger partial charge in [0.05, 0.1) is 19.5 Å². The fourth-order valence-corrected chi connectivity index (χ4v) is 6.04. The van der Waals surface area contributed by atoms with Crippen LogP contribution in [0.2, 0.25) is 0 Å². The predicted molar refractivity (Wildman–Crippen MR) is 171 cm³/mol. The van der Waals surface area contributed by atoms with E-state index in [4.69, 9.17) is 24.4 Å². The highest BCUT2D eigenvalue weighted by atomic mass is 16.6. The minimum atomic E-state index is -1.17. The monoisotopic (exact) mass is 602 g/mol. The van der Waals surface area contributed by atoms with E-state index in [0.29, 0.717) is 47.7 Å². The van der Waals surface area contributed by atoms with Crippen LogP contribution in [0.4, 0.5) is 5.82 Å². The molecule has 236 valence electrons. The van der Waals surface area contributed by atoms with Crippen molar-refractivity contribution in [3.8, 4) is 0 Å². The second-order valence-electron chi connectivity index (χ2n) is 12.6. The standard InChI is InChI=1S/C34H46N6O4/c1-22(2)17-39(18-23(3)4)19-28-37-32(35-16-26(24-12-8-6-9-13-24)25-14-10-7-11-15-25)29-33(38-28)40(21-36-29)34-31(42)30(41)27(44-34)20-43-5/h6-15,21-23,26-27,30-31,34,41-42H,16-20H2,1-5H3,(H,35,37,38)/t27-,30-,31-,34-/m1/s1. The molecule has 1 saturated heterocycles. The quantitative estimate of drug-likeness (QED) is 0.192. The van der Waals surface area contributed by atoms with E-state index >= 15 is 0 Å². The number of rotatable bonds is 14. The minimum Gasteiger partial charge on any atom is -0.387 e. The highest BCUT2D eigenvalue weighted by molar-refractivity contribution is 5.83. The number of nitrogens with one attached hydrogen (secondary N) is 1. The SMILES string of the molecule is COC[C@H]1O[C@@H](n2cnc3c(NCC(c4ccccc4)c4ccccc4)nc(CN(CC(C)C)CC(C)C)nc32)[C@H](O)[C@@H]1O. The lowest BCUT2D eigenvalue weighted by Gasteiger charge is -2.26. The third kappa shape index (κ3) is 7.44. The van der Waals surface area contributed by atoms with Crippen molar-refractivity contribution in [3.05, 3.63) is 83.9 Å². The third-order valence-corrected chi connectivity index (χ3v) is 7.90. The average Bonchev–Trinajstić information content (AvgIpc) is 3.54. The molecule has 2 aromatic heterocycles. The largest absolute Gasteiger partial charge is 0.387 e. The Morgan fingerprint density at radius 1 is 0.909 bits per heavy atom. The number of anilines is 1. The molecule has 0 unspecified atom stereocenters. The summed E-state index contributed by atoms with van der Waals surface area (Å²) >= 11 is 0. The number of hydrogen-bond donors (Lipinski definition) is 3. The van der Waals surface area contributed by atoms with Gasteiger partial charge < -0.3 is 25.0 Å². The molecular weight excluding hydrogens is 556 g/mol. The van der Waals surface area contributed by atoms with Crippen LogP contribution in [0.15, 0.2) is 67.0 Å². The summed E-state index contributed by atoms with van der Waals surface area (Å²) in [5.74, 6) is 2.33. The number of imidazole rings is 1. The molecule has 0 spiro atoms. The maximum absolute atomic E-state index is 10.9. The number of aromatic nitrogens is 4. The molecular formula is C34H46N6O4. The van der Waals surface area contributed by atoms with Crippen LogP contribution >= 0.6 is 0 Å². The lowest BCUT2D eigenvalue weighted by molar-refractivity contribution is -0.0580. The number of fused-ring (bicyclic) bond motifs is 1. The molecule has 1 aliphatic heterocycles. The van der Waals surface area contributed by atoms with Gasteiger partial charge in [-0.15, -0.1) is 0 Å². The Hall–Kier alpha value is -3.41. The fraction of sp³-hybridized carbons (Fsp3) is 0.500. The van der Waals surface area contributed by atoms with Gasteiger partial charge in [0.1, 0.15) is 24.1 Å². The Kier molecular flexibility index (Phi) is 10.6. The first-order valence-electron chi connectivity index (χ1n) is 15.5. The van der Waals surface area contributed by atoms with E-state index in [1.54, 1.807) is 10.9 Å². The molecule has 5 rings (SSSR count). The van der Waals surface area contributed by atoms with Gasteiger partial charge in [0.15, 0.2) is 23.2 Å². The minimum absolute atomic E-state index is 0.0799. The van der Waals surface area contributed by atoms with E-state index in [-0.39, 0.29) is 12.5 Å². The molecule has 0 bridgehead atoms. The molecule has 3 heterocycles. The Bertz CT molecular complexity index is 1420. The van der Waals surface area contributed by atoms with E-state index in [2.05, 4.69) is 86.4 Å². The summed E-state index contributed by atoms with van der Waals surface area (Å²) in [6.45, 7) is 12.0. The van der Waals surface area contributed by atoms with E-state index in [9.17, 15) is 10.2 Å². The highest BCUT2D eigenvalue weighted by Gasteiger charge is 2.44. The Balaban J connectivity index is 1.53. The van der Waals surface area contributed by atoms with Gasteiger partial charge >= 0.3 is 0 Å². The normalized spacial score (nSPS) is 20.5. The zero-order chi connectivity index (χ0) is 31.2.